The fourth-order valence-electron chi connectivity index (χ4n) is 0.964. The molecule has 1 fully saturated rings. The molecule has 0 saturated carbocycles. The van der Waals surface area contributed by atoms with Crippen LogP contribution in [0.1, 0.15) is 0 Å². The number of aliphatic hydroxyl groups excluding tert-OH is 1. The van der Waals surface area contributed by atoms with Crippen LogP contribution in [0.5, 0.6) is 0 Å². The molecule has 1 aliphatic heterocycles. The number of cyclic esters (lactones) is 1. The van der Waals surface area contributed by atoms with E-state index in [-0.39, 0.29) is 6.61 Å². The zero-order chi connectivity index (χ0) is 10.0. The minimum absolute atomic E-state index is 0.170. The number of hydrogen-bond donors (Lipinski definition) is 1. The quantitative estimate of drug-likeness (QED) is 0.409. The second-order valence-electron chi connectivity index (χ2n) is 2.54. The number of methoxy groups -OCH3 is 1. The summed E-state index contributed by atoms with van der Waals surface area (Å²) in [6.07, 6.45) is -2.69. The zero-order valence-electron chi connectivity index (χ0n) is 6.85. The molecule has 1 rings (SSSR count). The number of ketones is 2. The maximum absolute atomic E-state index is 10.9. The number of ether oxygens (including phenoxy) is 2. The van der Waals surface area contributed by atoms with E-state index >= 15 is 0 Å². The molecule has 2 unspecified atom stereocenters. The van der Waals surface area contributed by atoms with E-state index in [2.05, 4.69) is 9.47 Å². The van der Waals surface area contributed by atoms with Crippen LogP contribution >= 0.6 is 0 Å². The van der Waals surface area contributed by atoms with Gasteiger partial charge in [-0.15, -0.1) is 0 Å². The molecular weight excluding hydrogens is 180 g/mol. The van der Waals surface area contributed by atoms with E-state index in [9.17, 15) is 19.5 Å². The van der Waals surface area contributed by atoms with Gasteiger partial charge in [-0.05, 0) is 0 Å². The van der Waals surface area contributed by atoms with Crippen molar-refractivity contribution in [2.75, 3.05) is 13.7 Å². The van der Waals surface area contributed by atoms with Gasteiger partial charge in [-0.25, -0.2) is 4.79 Å². The smallest absolute Gasteiger partial charge is 0.383 e. The molecule has 1 aliphatic rings. The topological polar surface area (TPSA) is 89.9 Å². The van der Waals surface area contributed by atoms with E-state index in [4.69, 9.17) is 0 Å². The maximum Gasteiger partial charge on any atom is 0.383 e. The van der Waals surface area contributed by atoms with Gasteiger partial charge in [-0.3, -0.25) is 9.59 Å². The number of carbonyl (C=O) groups is 3. The fraction of sp³-hybridized carbons (Fsp3) is 0.571. The van der Waals surface area contributed by atoms with Crippen LogP contribution in [0, 0.1) is 0 Å². The summed E-state index contributed by atoms with van der Waals surface area (Å²) in [6, 6.07) is 0. The first-order valence-corrected chi connectivity index (χ1v) is 3.54. The van der Waals surface area contributed by atoms with Gasteiger partial charge in [-0.2, -0.15) is 0 Å². The van der Waals surface area contributed by atoms with Gasteiger partial charge in [0.15, 0.2) is 6.10 Å². The third-order valence-electron chi connectivity index (χ3n) is 1.59. The lowest BCUT2D eigenvalue weighted by Gasteiger charge is -2.13. The van der Waals surface area contributed by atoms with Crippen LogP contribution in [-0.2, 0) is 23.9 Å². The van der Waals surface area contributed by atoms with Crippen molar-refractivity contribution < 1.29 is 29.0 Å². The number of esters is 1. The highest BCUT2D eigenvalue weighted by molar-refractivity contribution is 6.65. The monoisotopic (exact) mass is 188 g/mol. The van der Waals surface area contributed by atoms with Crippen LogP contribution in [0.2, 0.25) is 0 Å². The molecule has 0 bridgehead atoms. The maximum atomic E-state index is 10.9. The van der Waals surface area contributed by atoms with Crippen molar-refractivity contribution in [3.63, 3.8) is 0 Å². The largest absolute Gasteiger partial charge is 0.445 e. The molecule has 13 heavy (non-hydrogen) atoms. The van der Waals surface area contributed by atoms with Gasteiger partial charge in [0.05, 0.1) is 6.61 Å². The van der Waals surface area contributed by atoms with Crippen LogP contribution in [0.25, 0.3) is 0 Å². The number of Topliss-reactive ketones (excluding diaryl/α,β-unsaturated/α-hetero) is 2. The Morgan fingerprint density at radius 1 is 1.54 bits per heavy atom. The molecule has 0 aromatic rings. The van der Waals surface area contributed by atoms with Crippen molar-refractivity contribution in [2.45, 2.75) is 12.2 Å². The van der Waals surface area contributed by atoms with Gasteiger partial charge < -0.3 is 14.6 Å². The van der Waals surface area contributed by atoms with Crippen molar-refractivity contribution in [1.82, 2.24) is 0 Å². The van der Waals surface area contributed by atoms with Gasteiger partial charge >= 0.3 is 11.8 Å². The molecule has 72 valence electrons. The average Bonchev–Trinajstić information content (AvgIpc) is 2.33. The molecule has 6 nitrogen and oxygen atoms in total. The highest BCUT2D eigenvalue weighted by Gasteiger charge is 2.45. The molecule has 0 radical (unpaired) electrons. The summed E-state index contributed by atoms with van der Waals surface area (Å²) in [7, 11) is 1.31. The highest BCUT2D eigenvalue weighted by Crippen LogP contribution is 2.11. The summed E-state index contributed by atoms with van der Waals surface area (Å²) in [4.78, 5) is 32.1. The molecule has 1 heterocycles. The van der Waals surface area contributed by atoms with Gasteiger partial charge in [0.25, 0.3) is 5.78 Å². The van der Waals surface area contributed by atoms with Gasteiger partial charge in [0, 0.05) is 7.11 Å². The van der Waals surface area contributed by atoms with Crippen LogP contribution in [0.15, 0.2) is 0 Å². The lowest BCUT2D eigenvalue weighted by Crippen LogP contribution is -2.36. The van der Waals surface area contributed by atoms with E-state index in [1.807, 2.05) is 0 Å². The molecule has 1 saturated heterocycles. The summed E-state index contributed by atoms with van der Waals surface area (Å²) in [6.45, 7) is -0.170. The van der Waals surface area contributed by atoms with Crippen molar-refractivity contribution in [1.29, 1.82) is 0 Å². The second kappa shape index (κ2) is 3.63. The summed E-state index contributed by atoms with van der Waals surface area (Å²) in [5.41, 5.74) is 0. The number of rotatable bonds is 3. The zero-order valence-corrected chi connectivity index (χ0v) is 6.85. The summed E-state index contributed by atoms with van der Waals surface area (Å²) >= 11 is 0. The van der Waals surface area contributed by atoms with Gasteiger partial charge in [-0.1, -0.05) is 0 Å². The minimum atomic E-state index is -1.40. The third kappa shape index (κ3) is 1.73. The standard InChI is InChI=1S/C7H8O6/c1-12-2-3(8)6-4(9)5(10)7(11)13-6/h3,6,8H,2H2,1H3. The molecule has 0 spiro atoms. The second-order valence-corrected chi connectivity index (χ2v) is 2.54. The summed E-state index contributed by atoms with van der Waals surface area (Å²) in [5, 5.41) is 9.18. The Morgan fingerprint density at radius 2 is 2.15 bits per heavy atom. The third-order valence-corrected chi connectivity index (χ3v) is 1.59. The van der Waals surface area contributed by atoms with E-state index in [0.29, 0.717) is 0 Å². The number of carbonyl (C=O) groups excluding carboxylic acids is 3. The lowest BCUT2D eigenvalue weighted by molar-refractivity contribution is -0.152. The highest BCUT2D eigenvalue weighted by atomic mass is 16.6. The average molecular weight is 188 g/mol. The summed E-state index contributed by atoms with van der Waals surface area (Å²) < 4.78 is 8.86. The minimum Gasteiger partial charge on any atom is -0.445 e. The Morgan fingerprint density at radius 3 is 2.54 bits per heavy atom. The van der Waals surface area contributed by atoms with Crippen molar-refractivity contribution in [2.24, 2.45) is 0 Å². The van der Waals surface area contributed by atoms with Crippen molar-refractivity contribution in [3.8, 4) is 0 Å². The Balaban J connectivity index is 2.68. The first-order valence-electron chi connectivity index (χ1n) is 3.54. The Labute approximate surface area is 73.4 Å². The van der Waals surface area contributed by atoms with Crippen LogP contribution in [0.3, 0.4) is 0 Å². The molecule has 1 N–H and O–H groups in total. The molecular formula is C7H8O6. The number of aliphatic hydroxyl groups is 1. The predicted octanol–water partition coefficient (Wildman–Crippen LogP) is -1.94. The van der Waals surface area contributed by atoms with Gasteiger partial charge in [0.1, 0.15) is 6.10 Å². The number of hydrogen-bond acceptors (Lipinski definition) is 6. The normalized spacial score (nSPS) is 24.8. The molecule has 0 aromatic carbocycles. The molecule has 2 atom stereocenters. The summed E-state index contributed by atoms with van der Waals surface area (Å²) in [5.74, 6) is -3.46. The first-order chi connectivity index (χ1) is 6.07. The van der Waals surface area contributed by atoms with Gasteiger partial charge in [0.2, 0.25) is 0 Å². The molecule has 6 heteroatoms. The Kier molecular flexibility index (Phi) is 2.74. The molecule has 0 amide bonds. The SMILES string of the molecule is COCC(O)C1OC(=O)C(=O)C1=O. The predicted molar refractivity (Wildman–Crippen MR) is 37.8 cm³/mol. The first kappa shape index (κ1) is 9.82. The van der Waals surface area contributed by atoms with Crippen molar-refractivity contribution >= 4 is 17.5 Å². The van der Waals surface area contributed by atoms with Crippen LogP contribution in [-0.4, -0.2) is 48.6 Å². The van der Waals surface area contributed by atoms with E-state index < -0.39 is 29.7 Å². The Bertz CT molecular complexity index is 258. The lowest BCUT2D eigenvalue weighted by atomic mass is 10.1. The van der Waals surface area contributed by atoms with E-state index in [0.717, 1.165) is 0 Å². The van der Waals surface area contributed by atoms with E-state index in [1.165, 1.54) is 7.11 Å². The van der Waals surface area contributed by atoms with Crippen LogP contribution in [0.4, 0.5) is 0 Å². The van der Waals surface area contributed by atoms with E-state index in [1.54, 1.807) is 0 Å². The van der Waals surface area contributed by atoms with Crippen LogP contribution < -0.4 is 0 Å². The fourth-order valence-corrected chi connectivity index (χ4v) is 0.964. The molecule has 0 aromatic heterocycles. The molecule has 0 aliphatic carbocycles. The van der Waals surface area contributed by atoms with Crippen molar-refractivity contribution in [3.05, 3.63) is 0 Å². The Hall–Kier alpha value is -1.27.